The zero-order valence-electron chi connectivity index (χ0n) is 13.9. The summed E-state index contributed by atoms with van der Waals surface area (Å²) in [7, 11) is 0. The quantitative estimate of drug-likeness (QED) is 0.721. The second-order valence-corrected chi connectivity index (χ2v) is 8.33. The van der Waals surface area contributed by atoms with Crippen LogP contribution in [0.2, 0.25) is 0 Å². The first-order chi connectivity index (χ1) is 9.97. The Kier molecular flexibility index (Phi) is 3.78. The van der Waals surface area contributed by atoms with Gasteiger partial charge in [0, 0.05) is 18.3 Å². The van der Waals surface area contributed by atoms with Gasteiger partial charge in [-0.15, -0.1) is 0 Å². The Morgan fingerprint density at radius 1 is 1.14 bits per heavy atom. The fraction of sp³-hybridized carbons (Fsp3) is 0.895. The molecule has 0 saturated heterocycles. The molecule has 3 fully saturated rings. The monoisotopic (exact) mass is 290 g/mol. The highest BCUT2D eigenvalue weighted by Gasteiger charge is 2.58. The van der Waals surface area contributed by atoms with Crippen molar-refractivity contribution in [2.24, 2.45) is 34.5 Å². The number of hydrogen-bond donors (Lipinski definition) is 0. The van der Waals surface area contributed by atoms with Crippen LogP contribution in [0.5, 0.6) is 0 Å². The van der Waals surface area contributed by atoms with Crippen molar-refractivity contribution >= 4 is 12.1 Å². The molecule has 3 saturated carbocycles. The average Bonchev–Trinajstić information content (AvgIpc) is 2.78. The Morgan fingerprint density at radius 3 is 2.57 bits per heavy atom. The summed E-state index contributed by atoms with van der Waals surface area (Å²) in [5, 5.41) is 0. The molecule has 6 atom stereocenters. The van der Waals surface area contributed by atoms with E-state index in [-0.39, 0.29) is 5.41 Å². The molecule has 3 aliphatic rings. The second-order valence-electron chi connectivity index (χ2n) is 8.33. The number of fused-ring (bicyclic) bond motifs is 3. The van der Waals surface area contributed by atoms with Gasteiger partial charge in [-0.2, -0.15) is 0 Å². The van der Waals surface area contributed by atoms with E-state index < -0.39 is 0 Å². The fourth-order valence-corrected chi connectivity index (χ4v) is 6.36. The van der Waals surface area contributed by atoms with Crippen molar-refractivity contribution in [3.8, 4) is 0 Å². The predicted octanol–water partition coefficient (Wildman–Crippen LogP) is 4.41. The molecule has 0 amide bonds. The highest BCUT2D eigenvalue weighted by molar-refractivity contribution is 5.87. The van der Waals surface area contributed by atoms with Gasteiger partial charge in [0.15, 0.2) is 0 Å². The smallest absolute Gasteiger partial charge is 0.139 e. The van der Waals surface area contributed by atoms with E-state index in [2.05, 4.69) is 20.8 Å². The van der Waals surface area contributed by atoms with Gasteiger partial charge in [0.05, 0.1) is 0 Å². The summed E-state index contributed by atoms with van der Waals surface area (Å²) in [4.78, 5) is 23.4. The minimum absolute atomic E-state index is 0.0205. The van der Waals surface area contributed by atoms with Crippen LogP contribution >= 0.6 is 0 Å². The maximum absolute atomic E-state index is 12.4. The lowest BCUT2D eigenvalue weighted by Gasteiger charge is -2.57. The molecule has 0 aliphatic heterocycles. The number of hydrogen-bond acceptors (Lipinski definition) is 2. The van der Waals surface area contributed by atoms with Gasteiger partial charge in [-0.25, -0.2) is 0 Å². The van der Waals surface area contributed by atoms with E-state index >= 15 is 0 Å². The zero-order valence-corrected chi connectivity index (χ0v) is 13.9. The number of rotatable bonds is 3. The normalized spacial score (nSPS) is 49.6. The van der Waals surface area contributed by atoms with Crippen molar-refractivity contribution in [2.75, 3.05) is 0 Å². The van der Waals surface area contributed by atoms with Crippen LogP contribution in [0.1, 0.15) is 72.1 Å². The van der Waals surface area contributed by atoms with E-state index in [4.69, 9.17) is 0 Å². The highest BCUT2D eigenvalue weighted by atomic mass is 16.1. The van der Waals surface area contributed by atoms with Gasteiger partial charge in [-0.05, 0) is 61.2 Å². The lowest BCUT2D eigenvalue weighted by atomic mass is 9.47. The summed E-state index contributed by atoms with van der Waals surface area (Å²) < 4.78 is 0. The van der Waals surface area contributed by atoms with Crippen LogP contribution in [0.3, 0.4) is 0 Å². The second kappa shape index (κ2) is 5.21. The van der Waals surface area contributed by atoms with Gasteiger partial charge in [0.2, 0.25) is 0 Å². The third kappa shape index (κ3) is 2.04. The molecule has 0 bridgehead atoms. The molecule has 0 N–H and O–H groups in total. The molecule has 0 aromatic carbocycles. The van der Waals surface area contributed by atoms with E-state index in [0.29, 0.717) is 23.0 Å². The molecular weight excluding hydrogens is 260 g/mol. The summed E-state index contributed by atoms with van der Waals surface area (Å²) in [5.74, 6) is 3.15. The van der Waals surface area contributed by atoms with Gasteiger partial charge >= 0.3 is 0 Å². The third-order valence-corrected chi connectivity index (χ3v) is 7.92. The summed E-state index contributed by atoms with van der Waals surface area (Å²) in [5.41, 5.74) is 0.282. The molecule has 0 aromatic rings. The van der Waals surface area contributed by atoms with Crippen LogP contribution in [-0.2, 0) is 9.59 Å². The van der Waals surface area contributed by atoms with Crippen molar-refractivity contribution in [1.29, 1.82) is 0 Å². The van der Waals surface area contributed by atoms with Crippen LogP contribution < -0.4 is 0 Å². The van der Waals surface area contributed by atoms with Crippen molar-refractivity contribution in [2.45, 2.75) is 72.1 Å². The van der Waals surface area contributed by atoms with Crippen molar-refractivity contribution in [1.82, 2.24) is 0 Å². The lowest BCUT2D eigenvalue weighted by molar-refractivity contribution is -0.137. The Hall–Kier alpha value is -0.660. The lowest BCUT2D eigenvalue weighted by Crippen LogP contribution is -2.51. The maximum Gasteiger partial charge on any atom is 0.139 e. The van der Waals surface area contributed by atoms with Crippen LogP contribution in [0.25, 0.3) is 0 Å². The number of carbonyl (C=O) groups excluding carboxylic acids is 2. The zero-order chi connectivity index (χ0) is 15.3. The molecule has 0 aromatic heterocycles. The molecule has 2 heteroatoms. The first-order valence-corrected chi connectivity index (χ1v) is 8.94. The Labute approximate surface area is 129 Å². The van der Waals surface area contributed by atoms with E-state index in [1.807, 2.05) is 0 Å². The van der Waals surface area contributed by atoms with Gasteiger partial charge in [-0.1, -0.05) is 27.2 Å². The van der Waals surface area contributed by atoms with E-state index in [1.54, 1.807) is 0 Å². The minimum Gasteiger partial charge on any atom is -0.303 e. The molecule has 21 heavy (non-hydrogen) atoms. The van der Waals surface area contributed by atoms with Crippen molar-refractivity contribution in [3.05, 3.63) is 0 Å². The van der Waals surface area contributed by atoms with Gasteiger partial charge < -0.3 is 4.79 Å². The Morgan fingerprint density at radius 2 is 1.90 bits per heavy atom. The summed E-state index contributed by atoms with van der Waals surface area (Å²) in [6.45, 7) is 6.97. The Bertz CT molecular complexity index is 443. The predicted molar refractivity (Wildman–Crippen MR) is 83.9 cm³/mol. The topological polar surface area (TPSA) is 34.1 Å². The van der Waals surface area contributed by atoms with Crippen LogP contribution in [-0.4, -0.2) is 12.1 Å². The van der Waals surface area contributed by atoms with Crippen molar-refractivity contribution in [3.63, 3.8) is 0 Å². The SMILES string of the molecule is CCC1(C)C(CC=O)CCC2C3CCC(=O)C3(C)CCC21. The van der Waals surface area contributed by atoms with E-state index in [0.717, 1.165) is 43.8 Å². The van der Waals surface area contributed by atoms with Gasteiger partial charge in [0.25, 0.3) is 0 Å². The van der Waals surface area contributed by atoms with Crippen LogP contribution in [0.4, 0.5) is 0 Å². The molecule has 0 heterocycles. The molecule has 6 unspecified atom stereocenters. The molecule has 0 radical (unpaired) electrons. The Balaban J connectivity index is 1.90. The molecule has 0 spiro atoms. The molecule has 2 nitrogen and oxygen atoms in total. The largest absolute Gasteiger partial charge is 0.303 e. The molecule has 3 aliphatic carbocycles. The summed E-state index contributed by atoms with van der Waals surface area (Å²) in [6, 6.07) is 0. The number of aldehydes is 1. The number of carbonyl (C=O) groups is 2. The molecular formula is C19H30O2. The first kappa shape index (κ1) is 15.2. The number of ketones is 1. The molecule has 3 rings (SSSR count). The summed E-state index contributed by atoms with van der Waals surface area (Å²) >= 11 is 0. The van der Waals surface area contributed by atoms with Crippen molar-refractivity contribution < 1.29 is 9.59 Å². The first-order valence-electron chi connectivity index (χ1n) is 8.94. The van der Waals surface area contributed by atoms with Gasteiger partial charge in [-0.3, -0.25) is 4.79 Å². The van der Waals surface area contributed by atoms with Gasteiger partial charge in [0.1, 0.15) is 12.1 Å². The third-order valence-electron chi connectivity index (χ3n) is 7.92. The highest BCUT2D eigenvalue weighted by Crippen LogP contribution is 2.63. The average molecular weight is 290 g/mol. The maximum atomic E-state index is 12.4. The minimum atomic E-state index is -0.0205. The molecule has 118 valence electrons. The van der Waals surface area contributed by atoms with E-state index in [1.165, 1.54) is 25.7 Å². The van der Waals surface area contributed by atoms with Crippen LogP contribution in [0.15, 0.2) is 0 Å². The fourth-order valence-electron chi connectivity index (χ4n) is 6.36. The summed E-state index contributed by atoms with van der Waals surface area (Å²) in [6.07, 6.45) is 9.67. The van der Waals surface area contributed by atoms with E-state index in [9.17, 15) is 9.59 Å². The van der Waals surface area contributed by atoms with Crippen LogP contribution in [0, 0.1) is 34.5 Å². The number of Topliss-reactive ketones (excluding diaryl/α,β-unsaturated/α-hetero) is 1. The standard InChI is InChI=1S/C19H30O2/c1-4-18(2)13(10-12-20)5-6-14-15-7-8-17(21)19(15,3)11-9-16(14)18/h12-16H,4-11H2,1-3H3.